The van der Waals surface area contributed by atoms with Crippen LogP contribution < -0.4 is 10.6 Å². The molecule has 0 saturated heterocycles. The lowest BCUT2D eigenvalue weighted by atomic mass is 10.2. The molecule has 0 aliphatic rings. The van der Waals surface area contributed by atoms with Crippen molar-refractivity contribution in [3.63, 3.8) is 0 Å². The van der Waals surface area contributed by atoms with E-state index in [0.717, 1.165) is 12.1 Å². The summed E-state index contributed by atoms with van der Waals surface area (Å²) < 4.78 is 24.9. The third-order valence-electron chi connectivity index (χ3n) is 2.12. The number of rotatable bonds is 5. The Bertz CT molecular complexity index is 483. The third kappa shape index (κ3) is 5.09. The molecule has 0 atom stereocenters. The number of carboxylic acids is 1. The topological polar surface area (TPSA) is 78.4 Å². The molecular weight excluding hydrogens is 282 g/mol. The highest BCUT2D eigenvalue weighted by Crippen LogP contribution is 2.28. The molecule has 0 aliphatic heterocycles. The number of nitrogens with one attached hydrogen (secondary N) is 2. The Labute approximate surface area is 112 Å². The minimum atomic E-state index is -2.67. The summed E-state index contributed by atoms with van der Waals surface area (Å²) in [6.45, 7) is -0.0761. The molecule has 8 heteroatoms. The second-order valence-corrected chi connectivity index (χ2v) is 3.97. The third-order valence-corrected chi connectivity index (χ3v) is 2.44. The summed E-state index contributed by atoms with van der Waals surface area (Å²) in [5.74, 6) is -1.06. The SMILES string of the molecule is O=C(O)CCNC(=O)Nc1cc(C(F)F)ccc1Cl. The molecule has 19 heavy (non-hydrogen) atoms. The molecule has 0 radical (unpaired) electrons. The van der Waals surface area contributed by atoms with Crippen molar-refractivity contribution in [1.29, 1.82) is 0 Å². The van der Waals surface area contributed by atoms with E-state index >= 15 is 0 Å². The normalized spacial score (nSPS) is 10.3. The van der Waals surface area contributed by atoms with Crippen molar-refractivity contribution in [2.75, 3.05) is 11.9 Å². The van der Waals surface area contributed by atoms with Gasteiger partial charge in [-0.25, -0.2) is 13.6 Å². The largest absolute Gasteiger partial charge is 0.481 e. The molecule has 1 rings (SSSR count). The lowest BCUT2D eigenvalue weighted by Crippen LogP contribution is -2.30. The number of carbonyl (C=O) groups is 2. The first-order chi connectivity index (χ1) is 8.90. The number of alkyl halides is 2. The molecule has 0 saturated carbocycles. The number of carboxylic acid groups (broad SMARTS) is 1. The molecule has 0 aromatic heterocycles. The summed E-state index contributed by atoms with van der Waals surface area (Å²) in [4.78, 5) is 21.6. The van der Waals surface area contributed by atoms with Crippen molar-refractivity contribution in [1.82, 2.24) is 5.32 Å². The second kappa shape index (κ2) is 6.89. The van der Waals surface area contributed by atoms with Gasteiger partial charge < -0.3 is 15.7 Å². The Morgan fingerprint density at radius 1 is 1.37 bits per heavy atom. The van der Waals surface area contributed by atoms with Crippen molar-refractivity contribution < 1.29 is 23.5 Å². The summed E-state index contributed by atoms with van der Waals surface area (Å²) in [5, 5.41) is 13.0. The van der Waals surface area contributed by atoms with E-state index in [2.05, 4.69) is 10.6 Å². The summed E-state index contributed by atoms with van der Waals surface area (Å²) in [6, 6.07) is 2.75. The Hall–Kier alpha value is -1.89. The van der Waals surface area contributed by atoms with Gasteiger partial charge in [0.25, 0.3) is 6.43 Å². The minimum Gasteiger partial charge on any atom is -0.481 e. The van der Waals surface area contributed by atoms with Gasteiger partial charge >= 0.3 is 12.0 Å². The number of anilines is 1. The maximum Gasteiger partial charge on any atom is 0.319 e. The van der Waals surface area contributed by atoms with Crippen LogP contribution in [0.5, 0.6) is 0 Å². The van der Waals surface area contributed by atoms with Crippen LogP contribution in [0.15, 0.2) is 18.2 Å². The van der Waals surface area contributed by atoms with Crippen LogP contribution in [0.1, 0.15) is 18.4 Å². The van der Waals surface area contributed by atoms with E-state index in [1.165, 1.54) is 6.07 Å². The van der Waals surface area contributed by atoms with Gasteiger partial charge in [0.15, 0.2) is 0 Å². The van der Waals surface area contributed by atoms with Gasteiger partial charge in [-0.2, -0.15) is 0 Å². The molecule has 0 heterocycles. The van der Waals surface area contributed by atoms with E-state index in [1.807, 2.05) is 0 Å². The van der Waals surface area contributed by atoms with Crippen LogP contribution in [-0.2, 0) is 4.79 Å². The first-order valence-electron chi connectivity index (χ1n) is 5.24. The quantitative estimate of drug-likeness (QED) is 0.781. The summed E-state index contributed by atoms with van der Waals surface area (Å²) in [5.41, 5.74) is -0.238. The van der Waals surface area contributed by atoms with E-state index in [1.54, 1.807) is 0 Å². The van der Waals surface area contributed by atoms with Gasteiger partial charge in [-0.1, -0.05) is 17.7 Å². The standard InChI is InChI=1S/C11H11ClF2N2O3/c12-7-2-1-6(10(13)14)5-8(7)16-11(19)15-4-3-9(17)18/h1-2,5,10H,3-4H2,(H,17,18)(H2,15,16,19). The van der Waals surface area contributed by atoms with Crippen molar-refractivity contribution in [2.24, 2.45) is 0 Å². The molecule has 5 nitrogen and oxygen atoms in total. The first-order valence-corrected chi connectivity index (χ1v) is 5.62. The number of urea groups is 1. The number of halogens is 3. The molecule has 104 valence electrons. The molecule has 0 aliphatic carbocycles. The van der Waals surface area contributed by atoms with Crippen LogP contribution >= 0.6 is 11.6 Å². The highest BCUT2D eigenvalue weighted by atomic mass is 35.5. The van der Waals surface area contributed by atoms with E-state index in [4.69, 9.17) is 16.7 Å². The molecule has 2 amide bonds. The van der Waals surface area contributed by atoms with Crippen molar-refractivity contribution >= 4 is 29.3 Å². The monoisotopic (exact) mass is 292 g/mol. The first kappa shape index (κ1) is 15.2. The number of hydrogen-bond acceptors (Lipinski definition) is 2. The van der Waals surface area contributed by atoms with Crippen LogP contribution in [0, 0.1) is 0 Å². The van der Waals surface area contributed by atoms with E-state index in [-0.39, 0.29) is 29.2 Å². The van der Waals surface area contributed by atoms with Crippen LogP contribution in [0.2, 0.25) is 5.02 Å². The van der Waals surface area contributed by atoms with Gasteiger partial charge in [-0.05, 0) is 12.1 Å². The molecule has 1 aromatic rings. The highest BCUT2D eigenvalue weighted by Gasteiger charge is 2.11. The zero-order valence-electron chi connectivity index (χ0n) is 9.62. The average Bonchev–Trinajstić information content (AvgIpc) is 2.31. The maximum absolute atomic E-state index is 12.5. The predicted octanol–water partition coefficient (Wildman–Crippen LogP) is 2.87. The van der Waals surface area contributed by atoms with Gasteiger partial charge in [-0.15, -0.1) is 0 Å². The maximum atomic E-state index is 12.5. The number of aliphatic carboxylic acids is 1. The van der Waals surface area contributed by atoms with Gasteiger partial charge in [0.05, 0.1) is 17.1 Å². The molecule has 3 N–H and O–H groups in total. The molecule has 0 unspecified atom stereocenters. The van der Waals surface area contributed by atoms with Crippen LogP contribution in [0.3, 0.4) is 0 Å². The van der Waals surface area contributed by atoms with E-state index in [9.17, 15) is 18.4 Å². The van der Waals surface area contributed by atoms with Gasteiger partial charge in [0, 0.05) is 12.1 Å². The minimum absolute atomic E-state index is 0.0345. The van der Waals surface area contributed by atoms with Gasteiger partial charge in [-0.3, -0.25) is 4.79 Å². The Morgan fingerprint density at radius 2 is 2.05 bits per heavy atom. The van der Waals surface area contributed by atoms with Crippen LogP contribution in [-0.4, -0.2) is 23.7 Å². The number of carbonyl (C=O) groups excluding carboxylic acids is 1. The zero-order valence-corrected chi connectivity index (χ0v) is 10.4. The number of amides is 2. The number of benzene rings is 1. The average molecular weight is 293 g/mol. The lowest BCUT2D eigenvalue weighted by Gasteiger charge is -2.10. The summed E-state index contributed by atoms with van der Waals surface area (Å²) in [6.07, 6.45) is -2.91. The Kier molecular flexibility index (Phi) is 5.50. The van der Waals surface area contributed by atoms with Crippen molar-refractivity contribution in [3.8, 4) is 0 Å². The molecule has 0 fully saturated rings. The van der Waals surface area contributed by atoms with E-state index in [0.29, 0.717) is 0 Å². The summed E-state index contributed by atoms with van der Waals surface area (Å²) >= 11 is 5.75. The predicted molar refractivity (Wildman–Crippen MR) is 65.7 cm³/mol. The van der Waals surface area contributed by atoms with Gasteiger partial charge in [0.2, 0.25) is 0 Å². The fraction of sp³-hybridized carbons (Fsp3) is 0.273. The fourth-order valence-electron chi connectivity index (χ4n) is 1.22. The Balaban J connectivity index is 2.63. The number of hydrogen-bond donors (Lipinski definition) is 3. The fourth-order valence-corrected chi connectivity index (χ4v) is 1.39. The van der Waals surface area contributed by atoms with Crippen molar-refractivity contribution in [2.45, 2.75) is 12.8 Å². The van der Waals surface area contributed by atoms with Gasteiger partial charge in [0.1, 0.15) is 0 Å². The molecule has 1 aromatic carbocycles. The molecular formula is C11H11ClF2N2O3. The highest BCUT2D eigenvalue weighted by molar-refractivity contribution is 6.33. The van der Waals surface area contributed by atoms with Crippen LogP contribution in [0.4, 0.5) is 19.3 Å². The summed E-state index contributed by atoms with van der Waals surface area (Å²) in [7, 11) is 0. The smallest absolute Gasteiger partial charge is 0.319 e. The zero-order chi connectivity index (χ0) is 14.4. The Morgan fingerprint density at radius 3 is 2.63 bits per heavy atom. The van der Waals surface area contributed by atoms with Crippen molar-refractivity contribution in [3.05, 3.63) is 28.8 Å². The molecule has 0 bridgehead atoms. The van der Waals surface area contributed by atoms with Crippen LogP contribution in [0.25, 0.3) is 0 Å². The molecule has 0 spiro atoms. The lowest BCUT2D eigenvalue weighted by molar-refractivity contribution is -0.136. The second-order valence-electron chi connectivity index (χ2n) is 3.56. The van der Waals surface area contributed by atoms with E-state index < -0.39 is 18.4 Å².